The molecule has 0 amide bonds. The lowest BCUT2D eigenvalue weighted by molar-refractivity contribution is -0.884. The lowest BCUT2D eigenvalue weighted by Crippen LogP contribution is -3.11. The highest BCUT2D eigenvalue weighted by atomic mass is 35.5. The summed E-state index contributed by atoms with van der Waals surface area (Å²) in [7, 11) is 2.20. The highest BCUT2D eigenvalue weighted by Gasteiger charge is 2.16. The Hall–Kier alpha value is -1.92. The topological polar surface area (TPSA) is 37.9 Å². The molecule has 0 radical (unpaired) electrons. The van der Waals surface area contributed by atoms with Crippen LogP contribution in [0.25, 0.3) is 0 Å². The molecule has 1 aliphatic heterocycles. The van der Waals surface area contributed by atoms with Crippen molar-refractivity contribution in [1.82, 2.24) is 14.8 Å². The fourth-order valence-electron chi connectivity index (χ4n) is 2.71. The zero-order chi connectivity index (χ0) is 17.1. The molecule has 5 nitrogen and oxygen atoms in total. The maximum atomic E-state index is 13.0. The molecule has 0 bridgehead atoms. The number of hydrogen-bond acceptors (Lipinski definition) is 3. The molecule has 1 aromatic heterocycles. The van der Waals surface area contributed by atoms with Crippen LogP contribution in [0.4, 0.5) is 4.39 Å². The van der Waals surface area contributed by atoms with E-state index in [1.165, 1.54) is 17.0 Å². The number of benzene rings is 1. The van der Waals surface area contributed by atoms with E-state index in [1.807, 2.05) is 6.92 Å². The van der Waals surface area contributed by atoms with Gasteiger partial charge < -0.3 is 4.90 Å². The summed E-state index contributed by atoms with van der Waals surface area (Å²) in [5.41, 5.74) is 2.63. The van der Waals surface area contributed by atoms with Crippen molar-refractivity contribution >= 4 is 17.8 Å². The van der Waals surface area contributed by atoms with Crippen LogP contribution in [0.1, 0.15) is 16.8 Å². The van der Waals surface area contributed by atoms with E-state index >= 15 is 0 Å². The third-order valence-corrected chi connectivity index (χ3v) is 4.70. The number of aryl methyl sites for hydroxylation is 1. The van der Waals surface area contributed by atoms with Gasteiger partial charge in [0, 0.05) is 0 Å². The number of likely N-dealkylation sites (N-methyl/N-ethyl adjacent to an activating group) is 1. The van der Waals surface area contributed by atoms with Crippen LogP contribution >= 0.6 is 11.6 Å². The molecule has 2 heterocycles. The van der Waals surface area contributed by atoms with E-state index in [-0.39, 0.29) is 5.82 Å². The minimum atomic E-state index is -0.247. The zero-order valence-corrected chi connectivity index (χ0v) is 14.7. The smallest absolute Gasteiger partial charge is 0.136 e. The average molecular weight is 351 g/mol. The van der Waals surface area contributed by atoms with Crippen molar-refractivity contribution in [3.8, 4) is 0 Å². The lowest BCUT2D eigenvalue weighted by atomic mass is 10.2. The molecule has 2 aromatic rings. The Morgan fingerprint density at radius 3 is 2.62 bits per heavy atom. The number of nitrogens with zero attached hydrogens (tertiary/aromatic N) is 4. The molecule has 0 spiro atoms. The maximum Gasteiger partial charge on any atom is 0.136 e. The van der Waals surface area contributed by atoms with Crippen LogP contribution in [0.3, 0.4) is 0 Å². The molecule has 24 heavy (non-hydrogen) atoms. The molecule has 7 heteroatoms. The Balaban J connectivity index is 1.73. The summed E-state index contributed by atoms with van der Waals surface area (Å²) in [6.45, 7) is 6.50. The molecular formula is C17H22ClFN5+. The number of quaternary nitrogens is 1. The quantitative estimate of drug-likeness (QED) is 0.841. The summed E-state index contributed by atoms with van der Waals surface area (Å²) >= 11 is 6.46. The maximum absolute atomic E-state index is 13.0. The van der Waals surface area contributed by atoms with E-state index in [0.29, 0.717) is 11.7 Å². The van der Waals surface area contributed by atoms with Crippen molar-refractivity contribution in [3.05, 3.63) is 52.1 Å². The predicted octanol–water partition coefficient (Wildman–Crippen LogP) is 1.20. The van der Waals surface area contributed by atoms with Gasteiger partial charge in [-0.05, 0) is 24.6 Å². The van der Waals surface area contributed by atoms with Crippen molar-refractivity contribution in [1.29, 1.82) is 0 Å². The molecule has 1 aromatic carbocycles. The van der Waals surface area contributed by atoms with Gasteiger partial charge in [-0.15, -0.1) is 0 Å². The average Bonchev–Trinajstić information content (AvgIpc) is 2.83. The second-order valence-electron chi connectivity index (χ2n) is 6.23. The number of rotatable bonds is 4. The molecule has 3 rings (SSSR count). The number of hydrogen-bond donors (Lipinski definition) is 1. The Bertz CT molecular complexity index is 717. The monoisotopic (exact) mass is 350 g/mol. The van der Waals surface area contributed by atoms with Gasteiger partial charge in [-0.3, -0.25) is 5.01 Å². The van der Waals surface area contributed by atoms with Crippen LogP contribution in [-0.4, -0.2) is 54.2 Å². The highest BCUT2D eigenvalue weighted by molar-refractivity contribution is 6.32. The largest absolute Gasteiger partial charge is 0.334 e. The first kappa shape index (κ1) is 16.9. The number of nitrogens with one attached hydrogen (secondary N) is 1. The summed E-state index contributed by atoms with van der Waals surface area (Å²) in [4.78, 5) is 1.53. The van der Waals surface area contributed by atoms with Gasteiger partial charge in [-0.25, -0.2) is 9.07 Å². The van der Waals surface area contributed by atoms with Crippen molar-refractivity contribution in [2.45, 2.75) is 13.5 Å². The SMILES string of the molecule is Cc1nn(Cc2ccc(F)cc2)c(Cl)c1/C=N\N1CC[NH+](C)CC1. The van der Waals surface area contributed by atoms with E-state index in [1.54, 1.807) is 23.0 Å². The first-order valence-electron chi connectivity index (χ1n) is 8.10. The fraction of sp³-hybridized carbons (Fsp3) is 0.412. The number of aromatic nitrogens is 2. The molecule has 1 fully saturated rings. The minimum Gasteiger partial charge on any atom is -0.334 e. The Labute approximate surface area is 146 Å². The van der Waals surface area contributed by atoms with E-state index < -0.39 is 0 Å². The summed E-state index contributed by atoms with van der Waals surface area (Å²) in [5.74, 6) is -0.247. The summed E-state index contributed by atoms with van der Waals surface area (Å²) in [5, 5.41) is 11.7. The van der Waals surface area contributed by atoms with Crippen molar-refractivity contribution in [3.63, 3.8) is 0 Å². The van der Waals surface area contributed by atoms with Gasteiger partial charge in [0.25, 0.3) is 0 Å². The van der Waals surface area contributed by atoms with Crippen LogP contribution in [0.5, 0.6) is 0 Å². The summed E-state index contributed by atoms with van der Waals surface area (Å²) in [6.07, 6.45) is 1.80. The van der Waals surface area contributed by atoms with Crippen LogP contribution < -0.4 is 4.90 Å². The molecule has 0 saturated carbocycles. The third kappa shape index (κ3) is 3.94. The number of halogens is 2. The van der Waals surface area contributed by atoms with Crippen molar-refractivity contribution in [2.75, 3.05) is 33.2 Å². The Morgan fingerprint density at radius 2 is 1.96 bits per heavy atom. The molecule has 0 unspecified atom stereocenters. The van der Waals surface area contributed by atoms with E-state index in [0.717, 1.165) is 43.0 Å². The van der Waals surface area contributed by atoms with E-state index in [4.69, 9.17) is 11.6 Å². The van der Waals surface area contributed by atoms with Gasteiger partial charge in [0.1, 0.15) is 11.0 Å². The summed E-state index contributed by atoms with van der Waals surface area (Å²) in [6, 6.07) is 6.36. The summed E-state index contributed by atoms with van der Waals surface area (Å²) < 4.78 is 14.7. The minimum absolute atomic E-state index is 0.247. The standard InChI is InChI=1S/C17H21ClFN5/c1-13-16(11-20-23-9-7-22(2)8-10-23)17(18)24(21-13)12-14-3-5-15(19)6-4-14/h3-6,11H,7-10,12H2,1-2H3/p+1/b20-11-. The Kier molecular flexibility index (Phi) is 5.16. The zero-order valence-electron chi connectivity index (χ0n) is 14.0. The molecule has 1 saturated heterocycles. The van der Waals surface area contributed by atoms with E-state index in [2.05, 4.69) is 22.3 Å². The van der Waals surface area contributed by atoms with Crippen molar-refractivity contribution < 1.29 is 9.29 Å². The van der Waals surface area contributed by atoms with E-state index in [9.17, 15) is 4.39 Å². The first-order valence-corrected chi connectivity index (χ1v) is 8.48. The van der Waals surface area contributed by atoms with Gasteiger partial charge in [-0.2, -0.15) is 10.2 Å². The third-order valence-electron chi connectivity index (χ3n) is 4.30. The predicted molar refractivity (Wildman–Crippen MR) is 93.3 cm³/mol. The van der Waals surface area contributed by atoms with Crippen LogP contribution in [0.15, 0.2) is 29.4 Å². The second-order valence-corrected chi connectivity index (χ2v) is 6.59. The van der Waals surface area contributed by atoms with Gasteiger partial charge >= 0.3 is 0 Å². The van der Waals surface area contributed by atoms with Crippen LogP contribution in [0.2, 0.25) is 5.15 Å². The molecule has 1 N–H and O–H groups in total. The Morgan fingerprint density at radius 1 is 1.29 bits per heavy atom. The van der Waals surface area contributed by atoms with Gasteiger partial charge in [0.15, 0.2) is 0 Å². The molecule has 128 valence electrons. The van der Waals surface area contributed by atoms with Gasteiger partial charge in [0.05, 0.1) is 57.2 Å². The van der Waals surface area contributed by atoms with Crippen molar-refractivity contribution in [2.24, 2.45) is 5.10 Å². The first-order chi connectivity index (χ1) is 11.5. The number of piperazine rings is 1. The molecule has 0 atom stereocenters. The van der Waals surface area contributed by atoms with Gasteiger partial charge in [-0.1, -0.05) is 23.7 Å². The molecular weight excluding hydrogens is 329 g/mol. The lowest BCUT2D eigenvalue weighted by Gasteiger charge is -2.27. The normalized spacial score (nSPS) is 16.2. The van der Waals surface area contributed by atoms with Gasteiger partial charge in [0.2, 0.25) is 0 Å². The molecule has 0 aliphatic carbocycles. The highest BCUT2D eigenvalue weighted by Crippen LogP contribution is 2.19. The molecule has 1 aliphatic rings. The number of hydrazone groups is 1. The van der Waals surface area contributed by atoms with Crippen LogP contribution in [-0.2, 0) is 6.54 Å². The fourth-order valence-corrected chi connectivity index (χ4v) is 3.00. The van der Waals surface area contributed by atoms with Crippen LogP contribution in [0, 0.1) is 12.7 Å². The second kappa shape index (κ2) is 7.32.